The van der Waals surface area contributed by atoms with E-state index in [-0.39, 0.29) is 17.1 Å². The molecule has 0 fully saturated rings. The lowest BCUT2D eigenvalue weighted by Gasteiger charge is -2.07. The van der Waals surface area contributed by atoms with Gasteiger partial charge in [0.05, 0.1) is 12.0 Å². The fraction of sp³-hybridized carbons (Fsp3) is 0.0714. The smallest absolute Gasteiger partial charge is 0.311 e. The first-order chi connectivity index (χ1) is 10.1. The van der Waals surface area contributed by atoms with Gasteiger partial charge in [0.2, 0.25) is 0 Å². The molecule has 0 heterocycles. The van der Waals surface area contributed by atoms with E-state index in [0.29, 0.717) is 16.1 Å². The lowest BCUT2D eigenvalue weighted by atomic mass is 10.0. The molecule has 6 nitrogen and oxygen atoms in total. The minimum absolute atomic E-state index is 0.132. The maximum absolute atomic E-state index is 11.0. The Labute approximate surface area is 125 Å². The van der Waals surface area contributed by atoms with Crippen LogP contribution in [0, 0.1) is 10.1 Å². The molecule has 0 atom stereocenters. The van der Waals surface area contributed by atoms with Crippen molar-refractivity contribution in [3.05, 3.63) is 68.7 Å². The van der Waals surface area contributed by atoms with Crippen molar-refractivity contribution in [1.29, 1.82) is 0 Å². The number of oxime groups is 1. The summed E-state index contributed by atoms with van der Waals surface area (Å²) in [6.07, 6.45) is 0. The van der Waals surface area contributed by atoms with Gasteiger partial charge < -0.3 is 9.94 Å². The van der Waals surface area contributed by atoms with Gasteiger partial charge in [0.15, 0.2) is 5.75 Å². The third-order valence-electron chi connectivity index (χ3n) is 2.85. The van der Waals surface area contributed by atoms with Gasteiger partial charge in [0.25, 0.3) is 0 Å². The molecule has 0 amide bonds. The molecule has 0 saturated heterocycles. The average molecular weight is 307 g/mol. The molecule has 2 aromatic carbocycles. The number of halogens is 1. The molecule has 0 aliphatic heterocycles. The van der Waals surface area contributed by atoms with Crippen LogP contribution in [0.2, 0.25) is 5.02 Å². The second kappa shape index (κ2) is 6.23. The van der Waals surface area contributed by atoms with Crippen molar-refractivity contribution in [1.82, 2.24) is 0 Å². The molecular weight excluding hydrogens is 296 g/mol. The number of rotatable bonds is 4. The number of hydrogen-bond donors (Lipinski definition) is 1. The topological polar surface area (TPSA) is 85.0 Å². The highest BCUT2D eigenvalue weighted by atomic mass is 35.5. The Hall–Kier alpha value is -2.60. The van der Waals surface area contributed by atoms with Crippen LogP contribution in [0.5, 0.6) is 5.75 Å². The van der Waals surface area contributed by atoms with Crippen LogP contribution in [0.4, 0.5) is 5.69 Å². The fourth-order valence-corrected chi connectivity index (χ4v) is 2.09. The molecule has 1 N–H and O–H groups in total. The summed E-state index contributed by atoms with van der Waals surface area (Å²) in [5.41, 5.74) is 0.901. The number of methoxy groups -OCH3 is 1. The third kappa shape index (κ3) is 3.11. The summed E-state index contributed by atoms with van der Waals surface area (Å²) < 4.78 is 4.93. The molecule has 21 heavy (non-hydrogen) atoms. The zero-order valence-electron chi connectivity index (χ0n) is 11.0. The van der Waals surface area contributed by atoms with Gasteiger partial charge in [-0.25, -0.2) is 0 Å². The molecule has 0 bridgehead atoms. The van der Waals surface area contributed by atoms with Gasteiger partial charge in [-0.15, -0.1) is 0 Å². The second-order valence-electron chi connectivity index (χ2n) is 4.10. The van der Waals surface area contributed by atoms with E-state index in [0.717, 1.165) is 0 Å². The molecule has 0 radical (unpaired) electrons. The second-order valence-corrected chi connectivity index (χ2v) is 4.54. The largest absolute Gasteiger partial charge is 0.490 e. The Balaban J connectivity index is 2.54. The van der Waals surface area contributed by atoms with E-state index in [1.807, 2.05) is 0 Å². The molecule has 2 rings (SSSR count). The van der Waals surface area contributed by atoms with Crippen molar-refractivity contribution in [2.45, 2.75) is 0 Å². The third-order valence-corrected chi connectivity index (χ3v) is 3.08. The van der Waals surface area contributed by atoms with Crippen LogP contribution in [0.25, 0.3) is 0 Å². The Bertz CT molecular complexity index is 716. The van der Waals surface area contributed by atoms with Gasteiger partial charge in [-0.2, -0.15) is 0 Å². The number of ether oxygens (including phenoxy) is 1. The van der Waals surface area contributed by atoms with E-state index < -0.39 is 4.92 Å². The van der Waals surface area contributed by atoms with Crippen LogP contribution in [0.15, 0.2) is 47.6 Å². The van der Waals surface area contributed by atoms with Gasteiger partial charge in [-0.1, -0.05) is 28.9 Å². The summed E-state index contributed by atoms with van der Waals surface area (Å²) in [7, 11) is 1.35. The molecule has 0 saturated carbocycles. The highest BCUT2D eigenvalue weighted by Crippen LogP contribution is 2.29. The lowest BCUT2D eigenvalue weighted by Crippen LogP contribution is -2.05. The van der Waals surface area contributed by atoms with Gasteiger partial charge in [0, 0.05) is 22.2 Å². The predicted octanol–water partition coefficient (Wildman–Crippen LogP) is 3.48. The highest BCUT2D eigenvalue weighted by molar-refractivity contribution is 6.31. The van der Waals surface area contributed by atoms with Crippen LogP contribution >= 0.6 is 11.6 Å². The summed E-state index contributed by atoms with van der Waals surface area (Å²) in [4.78, 5) is 10.5. The summed E-state index contributed by atoms with van der Waals surface area (Å²) in [6, 6.07) is 11.0. The molecule has 0 aliphatic carbocycles. The van der Waals surface area contributed by atoms with E-state index >= 15 is 0 Å². The first-order valence-corrected chi connectivity index (χ1v) is 6.25. The van der Waals surface area contributed by atoms with Gasteiger partial charge in [-0.3, -0.25) is 10.1 Å². The standard InChI is InChI=1S/C14H11ClN2O4/c1-21-13-6-5-10(8-12(13)17(19)20)14(16-18)9-3-2-4-11(15)7-9/h2-8,18H,1H3/b16-14-. The molecule has 0 spiro atoms. The molecular formula is C14H11ClN2O4. The quantitative estimate of drug-likeness (QED) is 0.405. The maximum Gasteiger partial charge on any atom is 0.311 e. The van der Waals surface area contributed by atoms with Crippen molar-refractivity contribution < 1.29 is 14.9 Å². The van der Waals surface area contributed by atoms with Crippen molar-refractivity contribution in [3.8, 4) is 5.75 Å². The van der Waals surface area contributed by atoms with Gasteiger partial charge in [0.1, 0.15) is 5.71 Å². The average Bonchev–Trinajstić information content (AvgIpc) is 2.48. The monoisotopic (exact) mass is 306 g/mol. The first kappa shape index (κ1) is 14.8. The SMILES string of the molecule is COc1ccc(/C(=N\O)c2cccc(Cl)c2)cc1[N+](=O)[O-]. The maximum atomic E-state index is 11.0. The number of hydrogen-bond acceptors (Lipinski definition) is 5. The van der Waals surface area contributed by atoms with Gasteiger partial charge >= 0.3 is 5.69 Å². The van der Waals surface area contributed by atoms with Crippen molar-refractivity contribution in [2.24, 2.45) is 5.16 Å². The van der Waals surface area contributed by atoms with Crippen LogP contribution in [0.1, 0.15) is 11.1 Å². The normalized spacial score (nSPS) is 11.2. The molecule has 7 heteroatoms. The molecule has 2 aromatic rings. The van der Waals surface area contributed by atoms with Crippen molar-refractivity contribution in [3.63, 3.8) is 0 Å². The van der Waals surface area contributed by atoms with Crippen LogP contribution in [0.3, 0.4) is 0 Å². The van der Waals surface area contributed by atoms with E-state index in [9.17, 15) is 15.3 Å². The fourth-order valence-electron chi connectivity index (χ4n) is 1.90. The Morgan fingerprint density at radius 3 is 2.57 bits per heavy atom. The number of nitro groups is 1. The minimum atomic E-state index is -0.560. The number of nitrogens with zero attached hydrogens (tertiary/aromatic N) is 2. The Morgan fingerprint density at radius 2 is 2.00 bits per heavy atom. The van der Waals surface area contributed by atoms with E-state index in [4.69, 9.17) is 16.3 Å². The number of nitro benzene ring substituents is 1. The van der Waals surface area contributed by atoms with Crippen molar-refractivity contribution >= 4 is 23.0 Å². The zero-order valence-corrected chi connectivity index (χ0v) is 11.7. The Kier molecular flexibility index (Phi) is 4.39. The van der Waals surface area contributed by atoms with Crippen LogP contribution < -0.4 is 4.74 Å². The van der Waals surface area contributed by atoms with Crippen LogP contribution in [-0.4, -0.2) is 23.0 Å². The van der Waals surface area contributed by atoms with E-state index in [1.165, 1.54) is 19.2 Å². The van der Waals surface area contributed by atoms with E-state index in [2.05, 4.69) is 5.16 Å². The highest BCUT2D eigenvalue weighted by Gasteiger charge is 2.18. The van der Waals surface area contributed by atoms with Crippen LogP contribution in [-0.2, 0) is 0 Å². The molecule has 0 unspecified atom stereocenters. The molecule has 0 aliphatic rings. The van der Waals surface area contributed by atoms with Crippen molar-refractivity contribution in [2.75, 3.05) is 7.11 Å². The summed E-state index contributed by atoms with van der Waals surface area (Å²) in [6.45, 7) is 0. The predicted molar refractivity (Wildman–Crippen MR) is 78.5 cm³/mol. The lowest BCUT2D eigenvalue weighted by molar-refractivity contribution is -0.385. The van der Waals surface area contributed by atoms with E-state index in [1.54, 1.807) is 30.3 Å². The Morgan fingerprint density at radius 1 is 1.29 bits per heavy atom. The minimum Gasteiger partial charge on any atom is -0.490 e. The number of benzene rings is 2. The molecule has 0 aromatic heterocycles. The zero-order chi connectivity index (χ0) is 15.4. The summed E-state index contributed by atoms with van der Waals surface area (Å²) in [5.74, 6) is 0.132. The molecule has 108 valence electrons. The first-order valence-electron chi connectivity index (χ1n) is 5.87. The summed E-state index contributed by atoms with van der Waals surface area (Å²) in [5, 5.41) is 23.9. The van der Waals surface area contributed by atoms with Gasteiger partial charge in [-0.05, 0) is 24.3 Å². The summed E-state index contributed by atoms with van der Waals surface area (Å²) >= 11 is 5.90.